The number of amides is 1. The fraction of sp³-hybridized carbons (Fsp3) is 0.548. The third-order valence-electron chi connectivity index (χ3n) is 8.25. The molecule has 1 unspecified atom stereocenters. The molecule has 2 aliphatic rings. The molecule has 41 heavy (non-hydrogen) atoms. The second kappa shape index (κ2) is 13.4. The van der Waals surface area contributed by atoms with E-state index in [0.717, 1.165) is 58.3 Å². The quantitative estimate of drug-likeness (QED) is 0.342. The highest BCUT2D eigenvalue weighted by Gasteiger charge is 2.35. The van der Waals surface area contributed by atoms with Crippen LogP contribution in [0.3, 0.4) is 0 Å². The molecular weight excluding hydrogens is 518 g/mol. The van der Waals surface area contributed by atoms with Gasteiger partial charge in [0.15, 0.2) is 0 Å². The van der Waals surface area contributed by atoms with Crippen molar-refractivity contribution in [2.24, 2.45) is 11.8 Å². The number of hydrogen-bond donors (Lipinski definition) is 0. The van der Waals surface area contributed by atoms with Gasteiger partial charge in [-0.3, -0.25) is 9.69 Å². The van der Waals surface area contributed by atoms with Crippen LogP contribution in [-0.2, 0) is 9.53 Å². The van der Waals surface area contributed by atoms with Crippen molar-refractivity contribution in [2.75, 3.05) is 75.7 Å². The molecule has 220 valence electrons. The highest BCUT2D eigenvalue weighted by molar-refractivity contribution is 5.94. The number of likely N-dealkylation sites (N-methyl/N-ethyl adjacent to an activating group) is 1. The van der Waals surface area contributed by atoms with Crippen LogP contribution in [0.15, 0.2) is 53.4 Å². The smallest absolute Gasteiger partial charge is 0.234 e. The summed E-state index contributed by atoms with van der Waals surface area (Å²) in [5, 5.41) is 4.26. The largest absolute Gasteiger partial charge is 0.378 e. The van der Waals surface area contributed by atoms with Crippen LogP contribution in [0.25, 0.3) is 11.4 Å². The molecule has 0 spiro atoms. The van der Waals surface area contributed by atoms with Gasteiger partial charge < -0.3 is 24.0 Å². The molecule has 10 heteroatoms. The second-order valence-corrected chi connectivity index (χ2v) is 11.8. The van der Waals surface area contributed by atoms with Crippen molar-refractivity contribution >= 4 is 23.2 Å². The lowest BCUT2D eigenvalue weighted by molar-refractivity contribution is -0.124. The van der Waals surface area contributed by atoms with Gasteiger partial charge >= 0.3 is 0 Å². The predicted molar refractivity (Wildman–Crippen MR) is 161 cm³/mol. The molecule has 2 fully saturated rings. The number of nitrogens with zero attached hydrogens (tertiary/aromatic N) is 7. The Kier molecular flexibility index (Phi) is 9.51. The lowest BCUT2D eigenvalue weighted by Gasteiger charge is -2.32. The van der Waals surface area contributed by atoms with Gasteiger partial charge in [0.25, 0.3) is 0 Å². The molecule has 5 rings (SSSR count). The molecule has 1 amide bonds. The maximum Gasteiger partial charge on any atom is 0.234 e. The highest BCUT2D eigenvalue weighted by Crippen LogP contribution is 2.33. The number of rotatable bonds is 11. The first-order valence-electron chi connectivity index (χ1n) is 14.7. The molecule has 1 saturated heterocycles. The van der Waals surface area contributed by atoms with Gasteiger partial charge in [0, 0.05) is 69.8 Å². The van der Waals surface area contributed by atoms with E-state index in [1.54, 1.807) is 12.3 Å². The fourth-order valence-corrected chi connectivity index (χ4v) is 5.78. The van der Waals surface area contributed by atoms with Gasteiger partial charge in [0.05, 0.1) is 18.4 Å². The van der Waals surface area contributed by atoms with E-state index in [2.05, 4.69) is 82.3 Å². The van der Waals surface area contributed by atoms with Crippen LogP contribution >= 0.6 is 0 Å². The Balaban J connectivity index is 1.27. The van der Waals surface area contributed by atoms with Crippen molar-refractivity contribution in [2.45, 2.75) is 38.2 Å². The van der Waals surface area contributed by atoms with Crippen LogP contribution < -0.4 is 14.7 Å². The molecule has 3 heterocycles. The Morgan fingerprint density at radius 2 is 1.80 bits per heavy atom. The van der Waals surface area contributed by atoms with E-state index in [4.69, 9.17) is 9.26 Å². The van der Waals surface area contributed by atoms with Gasteiger partial charge in [-0.2, -0.15) is 0 Å². The summed E-state index contributed by atoms with van der Waals surface area (Å²) in [6.07, 6.45) is 7.86. The minimum absolute atomic E-state index is 0.0487. The molecule has 1 aromatic carbocycles. The summed E-state index contributed by atoms with van der Waals surface area (Å²) in [4.78, 5) is 30.8. The Morgan fingerprint density at radius 3 is 2.49 bits per heavy atom. The molecule has 0 radical (unpaired) electrons. The summed E-state index contributed by atoms with van der Waals surface area (Å²) in [6, 6.07) is 12.3. The minimum atomic E-state index is -0.0487. The molecule has 1 saturated carbocycles. The van der Waals surface area contributed by atoms with Crippen LogP contribution in [0.4, 0.5) is 17.3 Å². The molecule has 2 aromatic heterocycles. The predicted octanol–water partition coefficient (Wildman–Crippen LogP) is 4.19. The average Bonchev–Trinajstić information content (AvgIpc) is 3.67. The second-order valence-electron chi connectivity index (χ2n) is 11.8. The van der Waals surface area contributed by atoms with Gasteiger partial charge in [0.1, 0.15) is 12.0 Å². The maximum atomic E-state index is 14.0. The number of hydrogen-bond acceptors (Lipinski definition) is 9. The normalized spacial score (nSPS) is 20.9. The average molecular weight is 562 g/mol. The summed E-state index contributed by atoms with van der Waals surface area (Å²) in [6.45, 7) is 4.09. The molecular formula is C31H43N7O3. The SMILES string of the molecule is CN(C)CCOC1CCC(C(=O)N(CC2CCN(c3ccc(N(C)C)cc3)C2)c2cc(-c3ccncn3)no2)CC1. The van der Waals surface area contributed by atoms with Crippen LogP contribution in [0, 0.1) is 11.8 Å². The minimum Gasteiger partial charge on any atom is -0.378 e. The van der Waals surface area contributed by atoms with Crippen molar-refractivity contribution < 1.29 is 14.1 Å². The number of carbonyl (C=O) groups is 1. The van der Waals surface area contributed by atoms with Crippen molar-refractivity contribution in [1.82, 2.24) is 20.0 Å². The lowest BCUT2D eigenvalue weighted by atomic mass is 9.86. The van der Waals surface area contributed by atoms with E-state index in [1.807, 2.05) is 11.0 Å². The summed E-state index contributed by atoms with van der Waals surface area (Å²) >= 11 is 0. The van der Waals surface area contributed by atoms with E-state index in [0.29, 0.717) is 29.7 Å². The van der Waals surface area contributed by atoms with Gasteiger partial charge in [-0.15, -0.1) is 0 Å². The van der Waals surface area contributed by atoms with Crippen molar-refractivity contribution in [3.63, 3.8) is 0 Å². The summed E-state index contributed by atoms with van der Waals surface area (Å²) < 4.78 is 11.9. The van der Waals surface area contributed by atoms with Crippen molar-refractivity contribution in [1.29, 1.82) is 0 Å². The van der Waals surface area contributed by atoms with E-state index in [1.165, 1.54) is 17.7 Å². The summed E-state index contributed by atoms with van der Waals surface area (Å²) in [5.74, 6) is 0.885. The van der Waals surface area contributed by atoms with Crippen molar-refractivity contribution in [3.8, 4) is 11.4 Å². The third-order valence-corrected chi connectivity index (χ3v) is 8.25. The molecule has 0 N–H and O–H groups in total. The monoisotopic (exact) mass is 561 g/mol. The Morgan fingerprint density at radius 1 is 1.02 bits per heavy atom. The van der Waals surface area contributed by atoms with Gasteiger partial charge in [-0.25, -0.2) is 9.97 Å². The number of carbonyl (C=O) groups excluding carboxylic acids is 1. The Bertz CT molecular complexity index is 1240. The van der Waals surface area contributed by atoms with Gasteiger partial charge in [-0.1, -0.05) is 5.16 Å². The topological polar surface area (TPSA) is 91.1 Å². The first kappa shape index (κ1) is 29.0. The van der Waals surface area contributed by atoms with Gasteiger partial charge in [0.2, 0.25) is 11.8 Å². The zero-order chi connectivity index (χ0) is 28.8. The van der Waals surface area contributed by atoms with E-state index in [-0.39, 0.29) is 17.9 Å². The van der Waals surface area contributed by atoms with E-state index >= 15 is 0 Å². The zero-order valence-corrected chi connectivity index (χ0v) is 24.8. The van der Waals surface area contributed by atoms with Gasteiger partial charge in [-0.05, 0) is 82.4 Å². The number of aromatic nitrogens is 3. The summed E-state index contributed by atoms with van der Waals surface area (Å²) in [5.41, 5.74) is 3.68. The van der Waals surface area contributed by atoms with Crippen LogP contribution in [-0.4, -0.2) is 93.0 Å². The fourth-order valence-electron chi connectivity index (χ4n) is 5.78. The zero-order valence-electron chi connectivity index (χ0n) is 24.8. The Labute approximate surface area is 243 Å². The molecule has 3 aromatic rings. The first-order valence-corrected chi connectivity index (χ1v) is 14.7. The van der Waals surface area contributed by atoms with Crippen LogP contribution in [0.5, 0.6) is 0 Å². The molecule has 1 aliphatic heterocycles. The van der Waals surface area contributed by atoms with Crippen LogP contribution in [0.1, 0.15) is 32.1 Å². The van der Waals surface area contributed by atoms with Crippen LogP contribution in [0.2, 0.25) is 0 Å². The number of benzene rings is 1. The standard InChI is InChI=1S/C31H43N7O3/c1-35(2)17-18-40-27-11-5-24(6-12-27)31(39)38(30-19-29(34-41-30)28-13-15-32-22-33-28)21-23-14-16-37(20-23)26-9-7-25(8-10-26)36(3)4/h7-10,13,15,19,22-24,27H,5-6,11-12,14,16-18,20-21H2,1-4H3. The Hall–Kier alpha value is -3.50. The third kappa shape index (κ3) is 7.42. The van der Waals surface area contributed by atoms with E-state index in [9.17, 15) is 4.79 Å². The van der Waals surface area contributed by atoms with E-state index < -0.39 is 0 Å². The molecule has 10 nitrogen and oxygen atoms in total. The highest BCUT2D eigenvalue weighted by atomic mass is 16.5. The molecule has 1 aliphatic carbocycles. The maximum absolute atomic E-state index is 14.0. The molecule has 1 atom stereocenters. The van der Waals surface area contributed by atoms with Crippen molar-refractivity contribution in [3.05, 3.63) is 48.9 Å². The first-order chi connectivity index (χ1) is 19.9. The lowest BCUT2D eigenvalue weighted by Crippen LogP contribution is -2.42. The summed E-state index contributed by atoms with van der Waals surface area (Å²) in [7, 11) is 8.21. The number of anilines is 3. The number of ether oxygens (including phenoxy) is 1. The molecule has 0 bridgehead atoms.